The van der Waals surface area contributed by atoms with Crippen molar-refractivity contribution in [1.82, 2.24) is 14.9 Å². The zero-order valence-corrected chi connectivity index (χ0v) is 18.9. The minimum Gasteiger partial charge on any atom is -0.495 e. The molecule has 32 heavy (non-hydrogen) atoms. The van der Waals surface area contributed by atoms with Gasteiger partial charge in [-0.05, 0) is 66.8 Å². The van der Waals surface area contributed by atoms with E-state index in [9.17, 15) is 0 Å². The number of para-hydroxylation sites is 1. The van der Waals surface area contributed by atoms with Crippen LogP contribution in [0.2, 0.25) is 5.02 Å². The Labute approximate surface area is 197 Å². The molecule has 3 heterocycles. The fraction of sp³-hybridized carbons (Fsp3) is 0.120. The molecule has 1 N–H and O–H groups in total. The summed E-state index contributed by atoms with van der Waals surface area (Å²) in [7, 11) is 1.61. The fourth-order valence-corrected chi connectivity index (χ4v) is 4.80. The van der Waals surface area contributed by atoms with Gasteiger partial charge in [0.15, 0.2) is 5.11 Å². The van der Waals surface area contributed by atoms with Crippen LogP contribution in [-0.4, -0.2) is 21.8 Å². The van der Waals surface area contributed by atoms with E-state index in [1.165, 1.54) is 0 Å². The summed E-state index contributed by atoms with van der Waals surface area (Å²) in [4.78, 5) is 6.73. The van der Waals surface area contributed by atoms with Gasteiger partial charge in [-0.3, -0.25) is 4.98 Å². The van der Waals surface area contributed by atoms with E-state index in [-0.39, 0.29) is 12.1 Å². The van der Waals surface area contributed by atoms with Crippen LogP contribution in [0.4, 0.5) is 5.69 Å². The van der Waals surface area contributed by atoms with Crippen LogP contribution in [0.15, 0.2) is 91.3 Å². The summed E-state index contributed by atoms with van der Waals surface area (Å²) in [5.74, 6) is 0.624. The number of anilines is 1. The Balaban J connectivity index is 1.66. The van der Waals surface area contributed by atoms with E-state index in [1.54, 1.807) is 13.3 Å². The van der Waals surface area contributed by atoms with Gasteiger partial charge < -0.3 is 19.5 Å². The van der Waals surface area contributed by atoms with Gasteiger partial charge in [-0.2, -0.15) is 0 Å². The average Bonchev–Trinajstić information content (AvgIpc) is 3.44. The smallest absolute Gasteiger partial charge is 0.174 e. The van der Waals surface area contributed by atoms with Crippen molar-refractivity contribution >= 4 is 34.6 Å². The number of rotatable bonds is 5. The van der Waals surface area contributed by atoms with Crippen molar-refractivity contribution in [2.75, 3.05) is 12.0 Å². The van der Waals surface area contributed by atoms with Crippen molar-refractivity contribution in [3.05, 3.63) is 108 Å². The number of ether oxygens (including phenoxy) is 1. The maximum atomic E-state index is 6.48. The van der Waals surface area contributed by atoms with Gasteiger partial charge in [0.25, 0.3) is 0 Å². The molecule has 0 aliphatic carbocycles. The summed E-state index contributed by atoms with van der Waals surface area (Å²) in [5, 5.41) is 4.64. The average molecular weight is 461 g/mol. The van der Waals surface area contributed by atoms with E-state index in [2.05, 4.69) is 50.2 Å². The summed E-state index contributed by atoms with van der Waals surface area (Å²) in [6, 6.07) is 25.8. The Hall–Kier alpha value is -3.35. The molecule has 1 saturated heterocycles. The van der Waals surface area contributed by atoms with E-state index in [0.717, 1.165) is 22.8 Å². The third-order valence-electron chi connectivity index (χ3n) is 5.63. The Kier molecular flexibility index (Phi) is 5.55. The second-order valence-electron chi connectivity index (χ2n) is 7.45. The molecule has 160 valence electrons. The third-order valence-corrected chi connectivity index (χ3v) is 6.24. The number of hydrogen-bond acceptors (Lipinski definition) is 3. The van der Waals surface area contributed by atoms with Gasteiger partial charge in [0.1, 0.15) is 11.8 Å². The first-order chi connectivity index (χ1) is 15.7. The van der Waals surface area contributed by atoms with E-state index in [1.807, 2.05) is 54.6 Å². The zero-order chi connectivity index (χ0) is 22.1. The van der Waals surface area contributed by atoms with Crippen molar-refractivity contribution in [1.29, 1.82) is 0 Å². The quantitative estimate of drug-likeness (QED) is 0.386. The molecule has 1 aliphatic heterocycles. The lowest BCUT2D eigenvalue weighted by atomic mass is 10.0. The van der Waals surface area contributed by atoms with Gasteiger partial charge in [-0.25, -0.2) is 0 Å². The van der Waals surface area contributed by atoms with Crippen molar-refractivity contribution in [3.8, 4) is 11.4 Å². The summed E-state index contributed by atoms with van der Waals surface area (Å²) >= 11 is 12.3. The largest absolute Gasteiger partial charge is 0.495 e. The Morgan fingerprint density at radius 2 is 1.78 bits per heavy atom. The molecule has 5 nitrogen and oxygen atoms in total. The summed E-state index contributed by atoms with van der Waals surface area (Å²) < 4.78 is 7.53. The van der Waals surface area contributed by atoms with Crippen molar-refractivity contribution < 1.29 is 4.74 Å². The van der Waals surface area contributed by atoms with Crippen molar-refractivity contribution in [3.63, 3.8) is 0 Å². The van der Waals surface area contributed by atoms with Crippen LogP contribution in [-0.2, 0) is 0 Å². The SMILES string of the molecule is COc1ccc(N2C(=S)N[C@@H](c3ccccn3)[C@H]2c2cccn2-c2ccccc2)cc1Cl. The molecule has 1 aliphatic rings. The molecule has 2 aromatic carbocycles. The lowest BCUT2D eigenvalue weighted by Crippen LogP contribution is -2.30. The van der Waals surface area contributed by atoms with Crippen LogP contribution >= 0.6 is 23.8 Å². The summed E-state index contributed by atoms with van der Waals surface area (Å²) in [5.41, 5.74) is 3.98. The highest BCUT2D eigenvalue weighted by atomic mass is 35.5. The van der Waals surface area contributed by atoms with Gasteiger partial charge in [0.05, 0.1) is 23.9 Å². The standard InChI is InChI=1S/C25H21ClN4OS/c1-31-22-13-12-18(16-19(22)26)30-24(23(28-25(30)32)20-10-5-6-14-27-20)21-11-7-15-29(21)17-8-3-2-4-9-17/h2-16,23-24H,1H3,(H,28,32)/t23-,24+/m0/s1. The van der Waals surface area contributed by atoms with Crippen LogP contribution < -0.4 is 15.0 Å². The summed E-state index contributed by atoms with van der Waals surface area (Å²) in [6.45, 7) is 0. The predicted octanol–water partition coefficient (Wildman–Crippen LogP) is 5.71. The lowest BCUT2D eigenvalue weighted by molar-refractivity contribution is 0.415. The van der Waals surface area contributed by atoms with Gasteiger partial charge in [-0.15, -0.1) is 0 Å². The molecule has 5 rings (SSSR count). The Bertz CT molecular complexity index is 1250. The van der Waals surface area contributed by atoms with E-state index >= 15 is 0 Å². The maximum absolute atomic E-state index is 6.48. The zero-order valence-electron chi connectivity index (χ0n) is 17.4. The van der Waals surface area contributed by atoms with Crippen LogP contribution in [0.3, 0.4) is 0 Å². The summed E-state index contributed by atoms with van der Waals surface area (Å²) in [6.07, 6.45) is 3.88. The van der Waals surface area contributed by atoms with Crippen molar-refractivity contribution in [2.24, 2.45) is 0 Å². The van der Waals surface area contributed by atoms with Gasteiger partial charge in [-0.1, -0.05) is 35.9 Å². The van der Waals surface area contributed by atoms with Gasteiger partial charge in [0, 0.05) is 29.5 Å². The van der Waals surface area contributed by atoms with Crippen LogP contribution in [0.5, 0.6) is 5.75 Å². The monoisotopic (exact) mass is 460 g/mol. The normalized spacial score (nSPS) is 17.9. The number of halogens is 1. The minimum atomic E-state index is -0.142. The van der Waals surface area contributed by atoms with E-state index in [0.29, 0.717) is 15.9 Å². The molecule has 0 bridgehead atoms. The molecule has 4 aromatic rings. The maximum Gasteiger partial charge on any atom is 0.174 e. The molecule has 1 fully saturated rings. The number of nitrogens with one attached hydrogen (secondary N) is 1. The van der Waals surface area contributed by atoms with E-state index < -0.39 is 0 Å². The first-order valence-electron chi connectivity index (χ1n) is 10.2. The number of benzene rings is 2. The molecule has 7 heteroatoms. The van der Waals surface area contributed by atoms with Crippen LogP contribution in [0, 0.1) is 0 Å². The van der Waals surface area contributed by atoms with Gasteiger partial charge in [0.2, 0.25) is 0 Å². The topological polar surface area (TPSA) is 42.3 Å². The van der Waals surface area contributed by atoms with E-state index in [4.69, 9.17) is 28.6 Å². The fourth-order valence-electron chi connectivity index (χ4n) is 4.20. The highest BCUT2D eigenvalue weighted by Gasteiger charge is 2.42. The molecule has 0 unspecified atom stereocenters. The van der Waals surface area contributed by atoms with Crippen molar-refractivity contribution in [2.45, 2.75) is 12.1 Å². The first kappa shape index (κ1) is 20.5. The third kappa shape index (κ3) is 3.61. The molecule has 2 aromatic heterocycles. The van der Waals surface area contributed by atoms with Gasteiger partial charge >= 0.3 is 0 Å². The highest BCUT2D eigenvalue weighted by molar-refractivity contribution is 7.80. The van der Waals surface area contributed by atoms with Crippen LogP contribution in [0.1, 0.15) is 23.5 Å². The number of hydrogen-bond donors (Lipinski definition) is 1. The molecule has 0 spiro atoms. The minimum absolute atomic E-state index is 0.137. The number of nitrogens with zero attached hydrogens (tertiary/aromatic N) is 3. The lowest BCUT2D eigenvalue weighted by Gasteiger charge is -2.29. The molecular formula is C25H21ClN4OS. The molecule has 2 atom stereocenters. The second kappa shape index (κ2) is 8.65. The molecule has 0 saturated carbocycles. The Morgan fingerprint density at radius 3 is 2.50 bits per heavy atom. The Morgan fingerprint density at radius 1 is 0.969 bits per heavy atom. The number of pyridine rings is 1. The molecular weight excluding hydrogens is 440 g/mol. The first-order valence-corrected chi connectivity index (χ1v) is 11.0. The number of aromatic nitrogens is 2. The molecule has 0 radical (unpaired) electrons. The number of thiocarbonyl (C=S) groups is 1. The number of methoxy groups -OCH3 is 1. The predicted molar refractivity (Wildman–Crippen MR) is 132 cm³/mol. The van der Waals surface area contributed by atoms with Crippen LogP contribution in [0.25, 0.3) is 5.69 Å². The second-order valence-corrected chi connectivity index (χ2v) is 8.25. The highest BCUT2D eigenvalue weighted by Crippen LogP contribution is 2.43. The molecule has 0 amide bonds.